The van der Waals surface area contributed by atoms with Crippen LogP contribution in [0.1, 0.15) is 50.8 Å². The standard InChI is InChI=1S/C18H30N2O/c1-4-6-15-7-9-16(10-8-15)18(19)12-20-11-14(3)21-13-17(20)5-2/h7-10,14,17-18H,4-6,11-13,19H2,1-3H3. The van der Waals surface area contributed by atoms with E-state index in [-0.39, 0.29) is 6.04 Å². The third-order valence-electron chi connectivity index (χ3n) is 4.43. The quantitative estimate of drug-likeness (QED) is 0.874. The molecule has 1 saturated heterocycles. The molecule has 2 rings (SSSR count). The zero-order valence-corrected chi connectivity index (χ0v) is 13.7. The number of ether oxygens (including phenoxy) is 1. The summed E-state index contributed by atoms with van der Waals surface area (Å²) >= 11 is 0. The Morgan fingerprint density at radius 2 is 2.00 bits per heavy atom. The molecule has 118 valence electrons. The van der Waals surface area contributed by atoms with E-state index in [2.05, 4.69) is 49.9 Å². The predicted octanol–water partition coefficient (Wildman–Crippen LogP) is 3.14. The fourth-order valence-corrected chi connectivity index (χ4v) is 3.09. The summed E-state index contributed by atoms with van der Waals surface area (Å²) in [7, 11) is 0. The van der Waals surface area contributed by atoms with Crippen molar-refractivity contribution in [3.8, 4) is 0 Å². The number of nitrogens with zero attached hydrogens (tertiary/aromatic N) is 1. The van der Waals surface area contributed by atoms with Gasteiger partial charge in [0.2, 0.25) is 0 Å². The molecular formula is C18H30N2O. The minimum Gasteiger partial charge on any atom is -0.376 e. The maximum atomic E-state index is 6.43. The van der Waals surface area contributed by atoms with Crippen LogP contribution in [0.2, 0.25) is 0 Å². The molecule has 1 aliphatic rings. The van der Waals surface area contributed by atoms with Crippen molar-refractivity contribution >= 4 is 0 Å². The normalized spacial score (nSPS) is 25.0. The Morgan fingerprint density at radius 3 is 2.62 bits per heavy atom. The van der Waals surface area contributed by atoms with Crippen LogP contribution >= 0.6 is 0 Å². The highest BCUT2D eigenvalue weighted by Gasteiger charge is 2.26. The van der Waals surface area contributed by atoms with Crippen molar-refractivity contribution in [1.82, 2.24) is 4.90 Å². The van der Waals surface area contributed by atoms with Crippen molar-refractivity contribution < 1.29 is 4.74 Å². The summed E-state index contributed by atoms with van der Waals surface area (Å²) in [5.41, 5.74) is 9.07. The van der Waals surface area contributed by atoms with Gasteiger partial charge in [0.05, 0.1) is 12.7 Å². The topological polar surface area (TPSA) is 38.5 Å². The molecule has 3 nitrogen and oxygen atoms in total. The lowest BCUT2D eigenvalue weighted by molar-refractivity contribution is -0.0575. The van der Waals surface area contributed by atoms with E-state index < -0.39 is 0 Å². The minimum atomic E-state index is 0.0834. The monoisotopic (exact) mass is 290 g/mol. The molecule has 1 heterocycles. The van der Waals surface area contributed by atoms with Gasteiger partial charge >= 0.3 is 0 Å². The molecule has 0 aliphatic carbocycles. The predicted molar refractivity (Wildman–Crippen MR) is 88.4 cm³/mol. The van der Waals surface area contributed by atoms with Gasteiger partial charge in [-0.15, -0.1) is 0 Å². The Morgan fingerprint density at radius 1 is 1.29 bits per heavy atom. The van der Waals surface area contributed by atoms with Crippen molar-refractivity contribution in [3.63, 3.8) is 0 Å². The highest BCUT2D eigenvalue weighted by Crippen LogP contribution is 2.19. The van der Waals surface area contributed by atoms with E-state index in [0.29, 0.717) is 12.1 Å². The second-order valence-electron chi connectivity index (χ2n) is 6.26. The molecule has 0 aromatic heterocycles. The largest absolute Gasteiger partial charge is 0.376 e. The highest BCUT2D eigenvalue weighted by molar-refractivity contribution is 5.25. The van der Waals surface area contributed by atoms with Gasteiger partial charge in [0.25, 0.3) is 0 Å². The van der Waals surface area contributed by atoms with Crippen LogP contribution in [-0.2, 0) is 11.2 Å². The molecule has 3 atom stereocenters. The van der Waals surface area contributed by atoms with Gasteiger partial charge < -0.3 is 10.5 Å². The van der Waals surface area contributed by atoms with Gasteiger partial charge in [-0.2, -0.15) is 0 Å². The molecule has 21 heavy (non-hydrogen) atoms. The summed E-state index contributed by atoms with van der Waals surface area (Å²) in [5.74, 6) is 0. The molecule has 3 heteroatoms. The van der Waals surface area contributed by atoms with E-state index in [1.807, 2.05) is 0 Å². The first-order chi connectivity index (χ1) is 10.1. The summed E-state index contributed by atoms with van der Waals surface area (Å²) in [6.07, 6.45) is 3.77. The van der Waals surface area contributed by atoms with Crippen LogP contribution in [0.15, 0.2) is 24.3 Å². The van der Waals surface area contributed by atoms with Gasteiger partial charge in [0, 0.05) is 25.2 Å². The summed E-state index contributed by atoms with van der Waals surface area (Å²) in [4.78, 5) is 2.50. The summed E-state index contributed by atoms with van der Waals surface area (Å²) in [5, 5.41) is 0. The highest BCUT2D eigenvalue weighted by atomic mass is 16.5. The zero-order valence-electron chi connectivity index (χ0n) is 13.7. The third-order valence-corrected chi connectivity index (χ3v) is 4.43. The van der Waals surface area contributed by atoms with Gasteiger partial charge in [-0.3, -0.25) is 4.90 Å². The first-order valence-electron chi connectivity index (χ1n) is 8.34. The average Bonchev–Trinajstić information content (AvgIpc) is 2.48. The lowest BCUT2D eigenvalue weighted by Gasteiger charge is -2.39. The first-order valence-corrected chi connectivity index (χ1v) is 8.34. The fraction of sp³-hybridized carbons (Fsp3) is 0.667. The summed E-state index contributed by atoms with van der Waals surface area (Å²) in [6.45, 7) is 9.31. The van der Waals surface area contributed by atoms with E-state index in [1.165, 1.54) is 17.5 Å². The van der Waals surface area contributed by atoms with Crippen LogP contribution < -0.4 is 5.73 Å². The number of nitrogens with two attached hydrogens (primary N) is 1. The lowest BCUT2D eigenvalue weighted by Crippen LogP contribution is -2.50. The SMILES string of the molecule is CCCc1ccc(C(N)CN2CC(C)OCC2CC)cc1. The van der Waals surface area contributed by atoms with Gasteiger partial charge in [-0.1, -0.05) is 44.5 Å². The fourth-order valence-electron chi connectivity index (χ4n) is 3.09. The van der Waals surface area contributed by atoms with Crippen LogP contribution in [-0.4, -0.2) is 36.7 Å². The summed E-state index contributed by atoms with van der Waals surface area (Å²) in [6, 6.07) is 9.42. The number of benzene rings is 1. The Balaban J connectivity index is 1.97. The van der Waals surface area contributed by atoms with Crippen molar-refractivity contribution in [3.05, 3.63) is 35.4 Å². The first kappa shape index (κ1) is 16.5. The molecule has 0 radical (unpaired) electrons. The second-order valence-corrected chi connectivity index (χ2v) is 6.26. The molecule has 1 aliphatic heterocycles. The smallest absolute Gasteiger partial charge is 0.0674 e. The molecule has 1 aromatic carbocycles. The van der Waals surface area contributed by atoms with Crippen LogP contribution in [0.5, 0.6) is 0 Å². The number of hydrogen-bond acceptors (Lipinski definition) is 3. The van der Waals surface area contributed by atoms with Gasteiger partial charge in [-0.25, -0.2) is 0 Å². The number of aryl methyl sites for hydroxylation is 1. The molecule has 1 fully saturated rings. The van der Waals surface area contributed by atoms with Crippen LogP contribution in [0, 0.1) is 0 Å². The zero-order chi connectivity index (χ0) is 15.2. The van der Waals surface area contributed by atoms with E-state index in [1.54, 1.807) is 0 Å². The molecule has 1 aromatic rings. The van der Waals surface area contributed by atoms with Gasteiger partial charge in [0.1, 0.15) is 0 Å². The molecule has 0 amide bonds. The Labute approximate surface area is 129 Å². The maximum Gasteiger partial charge on any atom is 0.0674 e. The Hall–Kier alpha value is -0.900. The maximum absolute atomic E-state index is 6.43. The number of hydrogen-bond donors (Lipinski definition) is 1. The van der Waals surface area contributed by atoms with Crippen LogP contribution in [0.4, 0.5) is 0 Å². The third kappa shape index (κ3) is 4.53. The summed E-state index contributed by atoms with van der Waals surface area (Å²) < 4.78 is 5.76. The molecule has 2 N–H and O–H groups in total. The van der Waals surface area contributed by atoms with Crippen LogP contribution in [0.25, 0.3) is 0 Å². The lowest BCUT2D eigenvalue weighted by atomic mass is 10.0. The molecule has 3 unspecified atom stereocenters. The Bertz CT molecular complexity index is 418. The molecular weight excluding hydrogens is 260 g/mol. The van der Waals surface area contributed by atoms with Gasteiger partial charge in [-0.05, 0) is 30.9 Å². The number of rotatable bonds is 6. The Kier molecular flexibility index (Phi) is 6.22. The van der Waals surface area contributed by atoms with Gasteiger partial charge in [0.15, 0.2) is 0 Å². The van der Waals surface area contributed by atoms with E-state index in [4.69, 9.17) is 10.5 Å². The number of morpholine rings is 1. The van der Waals surface area contributed by atoms with Crippen molar-refractivity contribution in [1.29, 1.82) is 0 Å². The second kappa shape index (κ2) is 7.92. The average molecular weight is 290 g/mol. The van der Waals surface area contributed by atoms with Crippen molar-refractivity contribution in [2.75, 3.05) is 19.7 Å². The van der Waals surface area contributed by atoms with E-state index in [0.717, 1.165) is 32.5 Å². The van der Waals surface area contributed by atoms with Crippen molar-refractivity contribution in [2.45, 2.75) is 58.2 Å². The minimum absolute atomic E-state index is 0.0834. The molecule has 0 bridgehead atoms. The van der Waals surface area contributed by atoms with E-state index in [9.17, 15) is 0 Å². The van der Waals surface area contributed by atoms with E-state index >= 15 is 0 Å². The van der Waals surface area contributed by atoms with Crippen molar-refractivity contribution in [2.24, 2.45) is 5.73 Å². The van der Waals surface area contributed by atoms with Crippen LogP contribution in [0.3, 0.4) is 0 Å². The molecule has 0 saturated carbocycles. The molecule has 0 spiro atoms.